The van der Waals surface area contributed by atoms with Gasteiger partial charge in [0.15, 0.2) is 0 Å². The molecule has 6 nitrogen and oxygen atoms in total. The van der Waals surface area contributed by atoms with Gasteiger partial charge in [0.1, 0.15) is 5.35 Å². The molecule has 2 aromatic heterocycles. The lowest BCUT2D eigenvalue weighted by Crippen LogP contribution is -2.46. The Morgan fingerprint density at radius 2 is 2.11 bits per heavy atom. The number of aromatic nitrogens is 4. The zero-order valence-corrected chi connectivity index (χ0v) is 10.9. The van der Waals surface area contributed by atoms with E-state index in [1.54, 1.807) is 0 Å². The fourth-order valence-corrected chi connectivity index (χ4v) is 1.65. The molecule has 0 aliphatic rings. The first-order chi connectivity index (χ1) is 9.75. The third-order valence-electron chi connectivity index (χ3n) is 2.59. The quantitative estimate of drug-likeness (QED) is 0.635. The average molecular weight is 262 g/mol. The Hall–Kier alpha value is -2.37. The zero-order valence-electron chi connectivity index (χ0n) is 12.9. The van der Waals surface area contributed by atoms with Crippen LogP contribution in [-0.2, 0) is 5.41 Å². The minimum absolute atomic E-state index is 0.158. The van der Waals surface area contributed by atoms with Crippen molar-refractivity contribution >= 4 is 12.6 Å². The molecule has 0 atom stereocenters. The van der Waals surface area contributed by atoms with Gasteiger partial charge in [-0.3, -0.25) is 9.59 Å². The van der Waals surface area contributed by atoms with Gasteiger partial charge in [-0.05, 0) is 6.05 Å². The van der Waals surface area contributed by atoms with E-state index in [0.717, 1.165) is 6.55 Å². The first kappa shape index (κ1) is 10.5. The van der Waals surface area contributed by atoms with E-state index in [1.165, 1.54) is 6.33 Å². The summed E-state index contributed by atoms with van der Waals surface area (Å²) in [5.74, 6) is 0. The molecule has 3 N–H and O–H groups in total. The Kier molecular flexibility index (Phi) is 2.43. The van der Waals surface area contributed by atoms with E-state index in [9.17, 15) is 9.59 Å². The van der Waals surface area contributed by atoms with Crippen LogP contribution in [0.1, 0.15) is 34.9 Å². The predicted octanol–water partition coefficient (Wildman–Crippen LogP) is -0.677. The van der Waals surface area contributed by atoms with E-state index in [1.807, 2.05) is 20.8 Å². The monoisotopic (exact) mass is 262 g/mol. The van der Waals surface area contributed by atoms with E-state index < -0.39 is 11.1 Å². The van der Waals surface area contributed by atoms with Gasteiger partial charge < -0.3 is 15.0 Å². The number of nitrogens with zero attached hydrogens (tertiary/aromatic N) is 1. The second-order valence-electron chi connectivity index (χ2n) is 5.20. The van der Waals surface area contributed by atoms with Gasteiger partial charge in [-0.2, -0.15) is 0 Å². The number of nitrogens with one attached hydrogen (secondary N) is 3. The molecule has 0 saturated heterocycles. The molecule has 0 aliphatic carbocycles. The Labute approximate surface area is 111 Å². The Bertz CT molecular complexity index is 900. The van der Waals surface area contributed by atoms with E-state index in [-0.39, 0.29) is 22.2 Å². The minimum Gasteiger partial charge on any atom is -0.348 e. The standard InChI is InChI=1S/C13H16N4O2/c1-7-11(18)17-9(12(19)16-7)5-8-10(13(2,3)4)15-6-14-8/h5-6H,1H2,2-4H3,(H,14,15)(H,16,19)(H,17,18)/i1D,5D/b7-1+,9-5?. The maximum Gasteiger partial charge on any atom is 0.272 e. The average Bonchev–Trinajstić information content (AvgIpc) is 2.89. The number of rotatable bonds is 1. The second kappa shape index (κ2) is 4.38. The zero-order chi connectivity index (χ0) is 15.8. The van der Waals surface area contributed by atoms with Gasteiger partial charge in [0.2, 0.25) is 0 Å². The highest BCUT2D eigenvalue weighted by Gasteiger charge is 2.19. The first-order valence-corrected chi connectivity index (χ1v) is 5.72. The van der Waals surface area contributed by atoms with Crippen LogP contribution < -0.4 is 21.8 Å². The smallest absolute Gasteiger partial charge is 0.272 e. The number of hydrogen-bond acceptors (Lipinski definition) is 3. The van der Waals surface area contributed by atoms with Crippen molar-refractivity contribution < 1.29 is 2.74 Å². The molecular weight excluding hydrogens is 244 g/mol. The van der Waals surface area contributed by atoms with Gasteiger partial charge in [0, 0.05) is 11.1 Å². The van der Waals surface area contributed by atoms with Crippen molar-refractivity contribution in [3.8, 4) is 0 Å². The summed E-state index contributed by atoms with van der Waals surface area (Å²) in [6, 6.07) is -0.170. The van der Waals surface area contributed by atoms with Gasteiger partial charge >= 0.3 is 0 Å². The molecular formula is C13H16N4O2. The van der Waals surface area contributed by atoms with E-state index >= 15 is 0 Å². The lowest BCUT2D eigenvalue weighted by Gasteiger charge is -2.16. The van der Waals surface area contributed by atoms with Gasteiger partial charge in [-0.15, -0.1) is 0 Å². The summed E-state index contributed by atoms with van der Waals surface area (Å²) in [5.41, 5.74) is -0.548. The van der Waals surface area contributed by atoms with E-state index in [2.05, 4.69) is 19.9 Å². The maximum absolute atomic E-state index is 11.9. The Morgan fingerprint density at radius 3 is 2.74 bits per heavy atom. The SMILES string of the molecule is [2H]/C=c1/[nH]c(=O)c(=C([2H])c2nc[nH]c2C(C)(C)C)[nH]c1=O. The molecule has 2 rings (SSSR count). The number of aromatic amines is 3. The van der Waals surface area contributed by atoms with Crippen molar-refractivity contribution in [3.63, 3.8) is 0 Å². The summed E-state index contributed by atoms with van der Waals surface area (Å²) < 4.78 is 15.2. The lowest BCUT2D eigenvalue weighted by atomic mass is 9.90. The highest BCUT2D eigenvalue weighted by atomic mass is 16.1. The van der Waals surface area contributed by atoms with E-state index in [0.29, 0.717) is 11.4 Å². The molecule has 6 heteroatoms. The second-order valence-corrected chi connectivity index (χ2v) is 5.20. The van der Waals surface area contributed by atoms with Crippen LogP contribution >= 0.6 is 0 Å². The van der Waals surface area contributed by atoms with Gasteiger partial charge in [0.25, 0.3) is 11.1 Å². The van der Waals surface area contributed by atoms with Crippen molar-refractivity contribution in [1.82, 2.24) is 19.9 Å². The van der Waals surface area contributed by atoms with Gasteiger partial charge in [-0.1, -0.05) is 27.3 Å². The Morgan fingerprint density at radius 1 is 1.37 bits per heavy atom. The normalized spacial score (nSPS) is 16.1. The minimum atomic E-state index is -0.638. The van der Waals surface area contributed by atoms with E-state index in [4.69, 9.17) is 2.74 Å². The summed E-state index contributed by atoms with van der Waals surface area (Å²) in [5, 5.41) is -0.335. The Balaban J connectivity index is 2.84. The molecule has 0 radical (unpaired) electrons. The number of hydrogen-bond donors (Lipinski definition) is 3. The van der Waals surface area contributed by atoms with Crippen LogP contribution in [0.25, 0.3) is 12.6 Å². The molecule has 0 unspecified atom stereocenters. The van der Waals surface area contributed by atoms with Crippen molar-refractivity contribution in [1.29, 1.82) is 0 Å². The first-order valence-electron chi connectivity index (χ1n) is 6.79. The fraction of sp³-hybridized carbons (Fsp3) is 0.308. The molecule has 0 aliphatic heterocycles. The molecule has 19 heavy (non-hydrogen) atoms. The summed E-state index contributed by atoms with van der Waals surface area (Å²) in [7, 11) is 0. The maximum atomic E-state index is 11.9. The molecule has 0 amide bonds. The predicted molar refractivity (Wildman–Crippen MR) is 73.3 cm³/mol. The van der Waals surface area contributed by atoms with Crippen LogP contribution in [0.15, 0.2) is 15.9 Å². The van der Waals surface area contributed by atoms with Crippen LogP contribution in [0.2, 0.25) is 0 Å². The molecule has 0 spiro atoms. The van der Waals surface area contributed by atoms with Crippen LogP contribution in [0.4, 0.5) is 0 Å². The summed E-state index contributed by atoms with van der Waals surface area (Å²) in [4.78, 5) is 35.3. The number of imidazole rings is 1. The van der Waals surface area contributed by atoms with Crippen molar-refractivity contribution in [2.75, 3.05) is 0 Å². The topological polar surface area (TPSA) is 94.4 Å². The van der Waals surface area contributed by atoms with Gasteiger partial charge in [-0.25, -0.2) is 4.98 Å². The molecule has 0 fully saturated rings. The molecule has 100 valence electrons. The molecule has 0 saturated carbocycles. The van der Waals surface area contributed by atoms with Crippen molar-refractivity contribution in [3.05, 3.63) is 49.1 Å². The summed E-state index contributed by atoms with van der Waals surface area (Å²) in [6.45, 7) is 6.59. The highest BCUT2D eigenvalue weighted by Crippen LogP contribution is 2.22. The van der Waals surface area contributed by atoms with Crippen LogP contribution in [0, 0.1) is 0 Å². The molecule has 0 aromatic carbocycles. The van der Waals surface area contributed by atoms with Crippen LogP contribution in [-0.4, -0.2) is 19.9 Å². The van der Waals surface area contributed by atoms with Gasteiger partial charge in [0.05, 0.1) is 20.1 Å². The van der Waals surface area contributed by atoms with Crippen LogP contribution in [0.3, 0.4) is 0 Å². The summed E-state index contributed by atoms with van der Waals surface area (Å²) in [6.07, 6.45) is 1.45. The van der Waals surface area contributed by atoms with Crippen LogP contribution in [0.5, 0.6) is 0 Å². The van der Waals surface area contributed by atoms with Crippen molar-refractivity contribution in [2.24, 2.45) is 0 Å². The fourth-order valence-electron chi connectivity index (χ4n) is 1.65. The third-order valence-corrected chi connectivity index (χ3v) is 2.59. The molecule has 2 aromatic rings. The summed E-state index contributed by atoms with van der Waals surface area (Å²) >= 11 is 0. The molecule has 0 bridgehead atoms. The lowest BCUT2D eigenvalue weighted by molar-refractivity contribution is 0.571. The highest BCUT2D eigenvalue weighted by molar-refractivity contribution is 5.47. The molecule has 2 heterocycles. The van der Waals surface area contributed by atoms with Crippen molar-refractivity contribution in [2.45, 2.75) is 26.2 Å². The third kappa shape index (κ3) is 2.57. The largest absolute Gasteiger partial charge is 0.348 e. The number of H-pyrrole nitrogens is 3.